The number of pyridine rings is 1. The maximum absolute atomic E-state index is 12.1. The standard InChI is InChI=1S/C11H12N4O/c1-8-4-3-5-12-10(8)11(16)15(2)9-6-13-14-7-9/h3-7H,1-2H3,(H,13,14). The Hall–Kier alpha value is -2.17. The van der Waals surface area contributed by atoms with Crippen LogP contribution in [0.2, 0.25) is 0 Å². The van der Waals surface area contributed by atoms with Crippen LogP contribution < -0.4 is 4.90 Å². The number of nitrogens with one attached hydrogen (secondary N) is 1. The van der Waals surface area contributed by atoms with Gasteiger partial charge in [-0.05, 0) is 18.6 Å². The van der Waals surface area contributed by atoms with Gasteiger partial charge in [0.1, 0.15) is 5.69 Å². The minimum atomic E-state index is -0.139. The van der Waals surface area contributed by atoms with Gasteiger partial charge in [0.15, 0.2) is 0 Å². The van der Waals surface area contributed by atoms with Crippen LogP contribution in [0.5, 0.6) is 0 Å². The Morgan fingerprint density at radius 1 is 1.50 bits per heavy atom. The predicted molar refractivity (Wildman–Crippen MR) is 60.3 cm³/mol. The largest absolute Gasteiger partial charge is 0.307 e. The van der Waals surface area contributed by atoms with E-state index in [4.69, 9.17) is 0 Å². The lowest BCUT2D eigenvalue weighted by Gasteiger charge is -2.15. The third-order valence-electron chi connectivity index (χ3n) is 2.39. The number of aryl methyl sites for hydroxylation is 1. The van der Waals surface area contributed by atoms with E-state index in [1.807, 2.05) is 19.1 Å². The van der Waals surface area contributed by atoms with Crippen molar-refractivity contribution in [2.75, 3.05) is 11.9 Å². The van der Waals surface area contributed by atoms with Gasteiger partial charge < -0.3 is 4.90 Å². The van der Waals surface area contributed by atoms with Gasteiger partial charge in [-0.3, -0.25) is 14.9 Å². The van der Waals surface area contributed by atoms with Crippen molar-refractivity contribution in [2.24, 2.45) is 0 Å². The molecule has 1 N–H and O–H groups in total. The van der Waals surface area contributed by atoms with Crippen LogP contribution in [-0.2, 0) is 0 Å². The third kappa shape index (κ3) is 1.79. The lowest BCUT2D eigenvalue weighted by molar-refractivity contribution is 0.0987. The maximum atomic E-state index is 12.1. The number of hydrogen-bond acceptors (Lipinski definition) is 3. The molecule has 0 aliphatic heterocycles. The maximum Gasteiger partial charge on any atom is 0.276 e. The lowest BCUT2D eigenvalue weighted by atomic mass is 10.2. The average Bonchev–Trinajstić information content (AvgIpc) is 2.81. The van der Waals surface area contributed by atoms with E-state index in [0.29, 0.717) is 5.69 Å². The van der Waals surface area contributed by atoms with Crippen LogP contribution in [0.1, 0.15) is 16.1 Å². The van der Waals surface area contributed by atoms with E-state index in [-0.39, 0.29) is 5.91 Å². The Morgan fingerprint density at radius 2 is 2.31 bits per heavy atom. The summed E-state index contributed by atoms with van der Waals surface area (Å²) in [6, 6.07) is 3.67. The normalized spacial score (nSPS) is 10.1. The molecule has 0 atom stereocenters. The molecule has 2 aromatic rings. The molecule has 0 aliphatic carbocycles. The fraction of sp³-hybridized carbons (Fsp3) is 0.182. The van der Waals surface area contributed by atoms with Crippen LogP contribution in [0.15, 0.2) is 30.7 Å². The number of nitrogens with zero attached hydrogens (tertiary/aromatic N) is 3. The minimum Gasteiger partial charge on any atom is -0.307 e. The molecule has 0 fully saturated rings. The Kier molecular flexibility index (Phi) is 2.68. The van der Waals surface area contributed by atoms with E-state index < -0.39 is 0 Å². The minimum absolute atomic E-state index is 0.139. The molecule has 0 spiro atoms. The van der Waals surface area contributed by atoms with Crippen LogP contribution >= 0.6 is 0 Å². The van der Waals surface area contributed by atoms with Crippen LogP contribution in [-0.4, -0.2) is 28.1 Å². The van der Waals surface area contributed by atoms with Crippen molar-refractivity contribution in [3.63, 3.8) is 0 Å². The predicted octanol–water partition coefficient (Wildman–Crippen LogP) is 1.39. The second-order valence-electron chi connectivity index (χ2n) is 3.49. The van der Waals surface area contributed by atoms with E-state index in [1.165, 1.54) is 4.90 Å². The van der Waals surface area contributed by atoms with Gasteiger partial charge in [-0.25, -0.2) is 0 Å². The summed E-state index contributed by atoms with van der Waals surface area (Å²) in [5.41, 5.74) is 2.05. The van der Waals surface area contributed by atoms with E-state index in [9.17, 15) is 4.79 Å². The van der Waals surface area contributed by atoms with Crippen molar-refractivity contribution in [3.8, 4) is 0 Å². The van der Waals surface area contributed by atoms with Gasteiger partial charge in [0, 0.05) is 19.4 Å². The van der Waals surface area contributed by atoms with E-state index >= 15 is 0 Å². The Labute approximate surface area is 93.1 Å². The quantitative estimate of drug-likeness (QED) is 0.825. The van der Waals surface area contributed by atoms with Gasteiger partial charge in [-0.2, -0.15) is 5.10 Å². The average molecular weight is 216 g/mol. The van der Waals surface area contributed by atoms with Crippen molar-refractivity contribution in [2.45, 2.75) is 6.92 Å². The zero-order valence-corrected chi connectivity index (χ0v) is 9.14. The van der Waals surface area contributed by atoms with Gasteiger partial charge in [-0.1, -0.05) is 6.07 Å². The zero-order chi connectivity index (χ0) is 11.5. The second-order valence-corrected chi connectivity index (χ2v) is 3.49. The molecular weight excluding hydrogens is 204 g/mol. The molecule has 0 radical (unpaired) electrons. The summed E-state index contributed by atoms with van der Waals surface area (Å²) >= 11 is 0. The number of H-pyrrole nitrogens is 1. The fourth-order valence-corrected chi connectivity index (χ4v) is 1.41. The number of anilines is 1. The fourth-order valence-electron chi connectivity index (χ4n) is 1.41. The molecule has 0 bridgehead atoms. The molecule has 82 valence electrons. The molecule has 5 heteroatoms. The summed E-state index contributed by atoms with van der Waals surface area (Å²) in [6.07, 6.45) is 4.87. The summed E-state index contributed by atoms with van der Waals surface area (Å²) in [5.74, 6) is -0.139. The Morgan fingerprint density at radius 3 is 2.94 bits per heavy atom. The molecule has 16 heavy (non-hydrogen) atoms. The number of carbonyl (C=O) groups excluding carboxylic acids is 1. The summed E-state index contributed by atoms with van der Waals surface area (Å²) in [4.78, 5) is 17.7. The molecular formula is C11H12N4O. The molecule has 2 heterocycles. The second kappa shape index (κ2) is 4.14. The zero-order valence-electron chi connectivity index (χ0n) is 9.14. The first kappa shape index (κ1) is 10.4. The van der Waals surface area contributed by atoms with Gasteiger partial charge in [0.25, 0.3) is 5.91 Å². The number of amides is 1. The first-order valence-electron chi connectivity index (χ1n) is 4.88. The number of carbonyl (C=O) groups is 1. The number of aromatic amines is 1. The summed E-state index contributed by atoms with van der Waals surface area (Å²) in [7, 11) is 1.70. The highest BCUT2D eigenvalue weighted by Gasteiger charge is 2.16. The molecule has 0 aliphatic rings. The molecule has 2 aromatic heterocycles. The number of aromatic nitrogens is 3. The first-order chi connectivity index (χ1) is 7.70. The molecule has 5 nitrogen and oxygen atoms in total. The first-order valence-corrected chi connectivity index (χ1v) is 4.88. The summed E-state index contributed by atoms with van der Waals surface area (Å²) in [5, 5.41) is 6.47. The van der Waals surface area contributed by atoms with Gasteiger partial charge >= 0.3 is 0 Å². The SMILES string of the molecule is Cc1cccnc1C(=O)N(C)c1cn[nH]c1. The molecule has 2 rings (SSSR count). The Balaban J connectivity index is 2.30. The molecule has 0 aromatic carbocycles. The van der Waals surface area contributed by atoms with Crippen LogP contribution in [0.4, 0.5) is 5.69 Å². The Bertz CT molecular complexity index is 492. The lowest BCUT2D eigenvalue weighted by Crippen LogP contribution is -2.27. The molecule has 1 amide bonds. The van der Waals surface area contributed by atoms with Crippen LogP contribution in [0, 0.1) is 6.92 Å². The van der Waals surface area contributed by atoms with Crippen molar-refractivity contribution < 1.29 is 4.79 Å². The monoisotopic (exact) mass is 216 g/mol. The number of rotatable bonds is 2. The third-order valence-corrected chi connectivity index (χ3v) is 2.39. The van der Waals surface area contributed by atoms with Crippen molar-refractivity contribution in [1.82, 2.24) is 15.2 Å². The van der Waals surface area contributed by atoms with Crippen LogP contribution in [0.25, 0.3) is 0 Å². The van der Waals surface area contributed by atoms with E-state index in [2.05, 4.69) is 15.2 Å². The summed E-state index contributed by atoms with van der Waals surface area (Å²) < 4.78 is 0. The highest BCUT2D eigenvalue weighted by atomic mass is 16.2. The molecule has 0 unspecified atom stereocenters. The highest BCUT2D eigenvalue weighted by molar-refractivity contribution is 6.05. The molecule has 0 saturated heterocycles. The van der Waals surface area contributed by atoms with Crippen molar-refractivity contribution in [1.29, 1.82) is 0 Å². The van der Waals surface area contributed by atoms with Crippen molar-refractivity contribution >= 4 is 11.6 Å². The summed E-state index contributed by atoms with van der Waals surface area (Å²) in [6.45, 7) is 1.86. The van der Waals surface area contributed by atoms with Gasteiger partial charge in [0.05, 0.1) is 11.9 Å². The van der Waals surface area contributed by atoms with Gasteiger partial charge in [-0.15, -0.1) is 0 Å². The van der Waals surface area contributed by atoms with E-state index in [1.54, 1.807) is 25.6 Å². The van der Waals surface area contributed by atoms with Crippen LogP contribution in [0.3, 0.4) is 0 Å². The topological polar surface area (TPSA) is 61.9 Å². The highest BCUT2D eigenvalue weighted by Crippen LogP contribution is 2.13. The van der Waals surface area contributed by atoms with Crippen molar-refractivity contribution in [3.05, 3.63) is 42.0 Å². The van der Waals surface area contributed by atoms with Gasteiger partial charge in [0.2, 0.25) is 0 Å². The smallest absolute Gasteiger partial charge is 0.276 e. The van der Waals surface area contributed by atoms with E-state index in [0.717, 1.165) is 11.3 Å². The number of hydrogen-bond donors (Lipinski definition) is 1. The molecule has 0 saturated carbocycles.